The fraction of sp³-hybridized carbons (Fsp3) is 0.240. The Morgan fingerprint density at radius 3 is 1.18 bits per heavy atom. The number of hydrogen-bond acceptors (Lipinski definition) is 11. The van der Waals surface area contributed by atoms with E-state index < -0.39 is 0 Å². The minimum atomic E-state index is -0.349. The Hall–Kier alpha value is -8.86. The van der Waals surface area contributed by atoms with Crippen molar-refractivity contribution in [3.63, 3.8) is 0 Å². The molecular weight excluding hydrogens is 1130 g/mol. The minimum absolute atomic E-state index is 0.0499. The van der Waals surface area contributed by atoms with E-state index in [-0.39, 0.29) is 41.8 Å². The zero-order valence-corrected chi connectivity index (χ0v) is 54.5. The predicted octanol–water partition coefficient (Wildman–Crippen LogP) is 13.3. The highest BCUT2D eigenvalue weighted by molar-refractivity contribution is 8.00. The number of anilines is 10. The molecule has 0 amide bonds. The van der Waals surface area contributed by atoms with Crippen molar-refractivity contribution in [2.75, 3.05) is 30.9 Å². The van der Waals surface area contributed by atoms with Gasteiger partial charge in [0.1, 0.15) is 23.0 Å². The van der Waals surface area contributed by atoms with E-state index in [9.17, 15) is 15.8 Å². The summed E-state index contributed by atoms with van der Waals surface area (Å²) in [7, 11) is 0. The van der Waals surface area contributed by atoms with Crippen LogP contribution >= 0.6 is 23.9 Å². The molecule has 89 heavy (non-hydrogen) atoms. The number of hydrogen-bond donors (Lipinski definition) is 0. The van der Waals surface area contributed by atoms with Gasteiger partial charge in [0.05, 0.1) is 52.0 Å². The minimum Gasteiger partial charge on any atom is -0.458 e. The first kappa shape index (κ1) is 56.6. The Balaban J connectivity index is 1.04. The van der Waals surface area contributed by atoms with Gasteiger partial charge in [0, 0.05) is 58.4 Å². The number of nitriles is 3. The smallest absolute Gasteiger partial charge is 0.256 e. The highest BCUT2D eigenvalue weighted by Gasteiger charge is 2.50. The van der Waals surface area contributed by atoms with Crippen LogP contribution in [-0.2, 0) is 21.7 Å². The Bertz CT molecular complexity index is 4730. The second kappa shape index (κ2) is 19.6. The van der Waals surface area contributed by atoms with Gasteiger partial charge < -0.3 is 19.3 Å². The summed E-state index contributed by atoms with van der Waals surface area (Å²) >= 11 is 3.21. The van der Waals surface area contributed by atoms with Crippen molar-refractivity contribution in [3.05, 3.63) is 185 Å². The van der Waals surface area contributed by atoms with Crippen molar-refractivity contribution in [2.45, 2.75) is 105 Å². The molecule has 6 aliphatic heterocycles. The van der Waals surface area contributed by atoms with Gasteiger partial charge in [0.2, 0.25) is 0 Å². The van der Waals surface area contributed by atoms with Gasteiger partial charge in [-0.3, -0.25) is 8.61 Å². The van der Waals surface area contributed by atoms with E-state index in [2.05, 4.69) is 254 Å². The second-order valence-corrected chi connectivity index (χ2v) is 30.2. The zero-order chi connectivity index (χ0) is 62.3. The molecule has 0 saturated carbocycles. The SMILES string of the molecule is CSN1c2cc3c(cc2B2c4cc(C(C)(C)C)ccc4Oc4cc(C#N)cc1c42)B1c2cc4c(cc2N(SC)c2cc(C#N)cc(c21)O3)N(c1ccc(C(C)(C)C)cc1)c1cc(C#N)cc2c1B4c1cc(C(C)(C)C)ccc1N2c1ccc(C(C)(C)C)cc1. The quantitative estimate of drug-likeness (QED) is 0.124. The normalized spacial score (nSPS) is 14.5. The van der Waals surface area contributed by atoms with Crippen LogP contribution in [0.15, 0.2) is 146 Å². The molecule has 0 saturated heterocycles. The van der Waals surface area contributed by atoms with Crippen LogP contribution in [0.3, 0.4) is 0 Å². The molecule has 6 aliphatic rings. The standard InChI is InChI=1S/C75H66B3N7O2S2/c1-72(2,3)45-15-21-49(22-16-45)82-57-25-19-47(74(7,8)9)33-51(57)76-52-35-53-59(37-58(52)83(50-23-17-46(18-24-50)73(4,5)6)62-28-42(39-79)27-61(82)69(62)76)84(88-13)63-29-44(41-81)32-68-71(63)78(53)56-36-54-60(38-66(56)87-68)85(89-14)64-30-43(40-80)31-67-70(64)77(54)55-34-48(75(10,11)12)20-26-65(55)86-67/h15-38H,1-14H3. The van der Waals surface area contributed by atoms with E-state index in [1.165, 1.54) is 27.7 Å². The van der Waals surface area contributed by atoms with E-state index in [0.717, 1.165) is 106 Å². The molecule has 9 nitrogen and oxygen atoms in total. The van der Waals surface area contributed by atoms with E-state index >= 15 is 0 Å². The van der Waals surface area contributed by atoms with Crippen LogP contribution in [-0.4, -0.2) is 32.6 Å². The van der Waals surface area contributed by atoms with Crippen molar-refractivity contribution in [1.82, 2.24) is 0 Å². The molecule has 15 rings (SSSR count). The lowest BCUT2D eigenvalue weighted by atomic mass is 9.29. The lowest BCUT2D eigenvalue weighted by molar-refractivity contribution is 0.486. The van der Waals surface area contributed by atoms with Crippen LogP contribution in [0.4, 0.5) is 56.9 Å². The van der Waals surface area contributed by atoms with Gasteiger partial charge in [-0.2, -0.15) is 15.8 Å². The van der Waals surface area contributed by atoms with Gasteiger partial charge >= 0.3 is 0 Å². The van der Waals surface area contributed by atoms with Crippen LogP contribution in [0.25, 0.3) is 0 Å². The highest BCUT2D eigenvalue weighted by atomic mass is 32.2. The molecule has 0 aromatic heterocycles. The first-order valence-corrected chi connectivity index (χ1v) is 33.0. The largest absolute Gasteiger partial charge is 0.458 e. The summed E-state index contributed by atoms with van der Waals surface area (Å²) in [4.78, 5) is 4.81. The maximum absolute atomic E-state index is 11.2. The molecule has 6 heterocycles. The average molecular weight is 1190 g/mol. The Morgan fingerprint density at radius 2 is 0.697 bits per heavy atom. The van der Waals surface area contributed by atoms with Crippen LogP contribution < -0.4 is 77.0 Å². The monoisotopic (exact) mass is 1190 g/mol. The van der Waals surface area contributed by atoms with Gasteiger partial charge in [-0.25, -0.2) is 0 Å². The van der Waals surface area contributed by atoms with E-state index in [4.69, 9.17) is 9.47 Å². The number of rotatable bonds is 4. The summed E-state index contributed by atoms with van der Waals surface area (Å²) in [6, 6.07) is 60.8. The molecule has 0 atom stereocenters. The van der Waals surface area contributed by atoms with Crippen molar-refractivity contribution >= 4 is 150 Å². The number of nitrogens with zero attached hydrogens (tertiary/aromatic N) is 7. The van der Waals surface area contributed by atoms with Crippen LogP contribution in [0.1, 0.15) is 122 Å². The molecule has 0 bridgehead atoms. The molecule has 434 valence electrons. The molecule has 9 aromatic carbocycles. The summed E-state index contributed by atoms with van der Waals surface area (Å²) in [6.45, 7) is 26.3. The lowest BCUT2D eigenvalue weighted by Gasteiger charge is -2.46. The molecule has 14 heteroatoms. The highest BCUT2D eigenvalue weighted by Crippen LogP contribution is 2.50. The number of fused-ring (bicyclic) bond motifs is 12. The van der Waals surface area contributed by atoms with Gasteiger partial charge in [-0.05, 0) is 196 Å². The Labute approximate surface area is 533 Å². The van der Waals surface area contributed by atoms with Crippen molar-refractivity contribution in [2.24, 2.45) is 0 Å². The topological polar surface area (TPSA) is 103 Å². The fourth-order valence-electron chi connectivity index (χ4n) is 14.7. The molecule has 0 N–H and O–H groups in total. The Morgan fingerprint density at radius 1 is 0.326 bits per heavy atom. The van der Waals surface area contributed by atoms with Crippen molar-refractivity contribution in [3.8, 4) is 41.2 Å². The van der Waals surface area contributed by atoms with Crippen LogP contribution in [0.5, 0.6) is 23.0 Å². The van der Waals surface area contributed by atoms with Gasteiger partial charge in [-0.1, -0.05) is 144 Å². The molecule has 0 fully saturated rings. The van der Waals surface area contributed by atoms with Crippen LogP contribution in [0, 0.1) is 34.0 Å². The third-order valence-electron chi connectivity index (χ3n) is 19.2. The third-order valence-corrected chi connectivity index (χ3v) is 20.7. The van der Waals surface area contributed by atoms with E-state index in [1.807, 2.05) is 24.3 Å². The summed E-state index contributed by atoms with van der Waals surface area (Å²) in [6.07, 6.45) is 4.19. The fourth-order valence-corrected chi connectivity index (χ4v) is 16.1. The first-order chi connectivity index (χ1) is 42.4. The molecule has 0 radical (unpaired) electrons. The number of benzene rings is 9. The van der Waals surface area contributed by atoms with Gasteiger partial charge in [0.25, 0.3) is 20.1 Å². The van der Waals surface area contributed by atoms with Crippen molar-refractivity contribution in [1.29, 1.82) is 15.8 Å². The molecule has 0 aliphatic carbocycles. The first-order valence-electron chi connectivity index (χ1n) is 30.6. The summed E-state index contributed by atoms with van der Waals surface area (Å²) < 4.78 is 18.7. The molecular formula is C75H66B3N7O2S2. The second-order valence-electron chi connectivity index (χ2n) is 28.7. The van der Waals surface area contributed by atoms with E-state index in [1.54, 1.807) is 23.9 Å². The van der Waals surface area contributed by atoms with Crippen molar-refractivity contribution < 1.29 is 9.47 Å². The zero-order valence-electron chi connectivity index (χ0n) is 52.9. The summed E-state index contributed by atoms with van der Waals surface area (Å²) in [5.74, 6) is 2.82. The Kier molecular flexibility index (Phi) is 12.5. The molecule has 9 aromatic rings. The summed E-state index contributed by atoms with van der Waals surface area (Å²) in [5, 5.41) is 32.6. The average Bonchev–Trinajstić information content (AvgIpc) is 0.710. The maximum atomic E-state index is 11.2. The summed E-state index contributed by atoms with van der Waals surface area (Å²) in [5.41, 5.74) is 25.7. The lowest BCUT2D eigenvalue weighted by Crippen LogP contribution is -2.65. The van der Waals surface area contributed by atoms with E-state index in [0.29, 0.717) is 33.9 Å². The molecule has 0 unspecified atom stereocenters. The maximum Gasteiger partial charge on any atom is 0.256 e. The van der Waals surface area contributed by atoms with Gasteiger partial charge in [-0.15, -0.1) is 0 Å². The third kappa shape index (κ3) is 8.52. The van der Waals surface area contributed by atoms with Crippen LogP contribution in [0.2, 0.25) is 0 Å². The van der Waals surface area contributed by atoms with Gasteiger partial charge in [0.15, 0.2) is 0 Å². The molecule has 0 spiro atoms. The predicted molar refractivity (Wildman–Crippen MR) is 376 cm³/mol. The number of ether oxygens (including phenoxy) is 2.